The van der Waals surface area contributed by atoms with Gasteiger partial charge in [-0.25, -0.2) is 5.01 Å². The van der Waals surface area contributed by atoms with Gasteiger partial charge in [0.15, 0.2) is 6.29 Å². The fourth-order valence-electron chi connectivity index (χ4n) is 5.81. The maximum atomic E-state index is 12.3. The van der Waals surface area contributed by atoms with E-state index < -0.39 is 0 Å². The number of allylic oxidation sites excluding steroid dienone is 4. The number of hydrogen-bond acceptors (Lipinski definition) is 8. The molecule has 1 atom stereocenters. The van der Waals surface area contributed by atoms with Crippen LogP contribution in [0.15, 0.2) is 55.3 Å². The largest absolute Gasteiger partial charge is 0.367 e. The molecule has 2 aliphatic heterocycles. The van der Waals surface area contributed by atoms with Gasteiger partial charge in [0.25, 0.3) is 0 Å². The van der Waals surface area contributed by atoms with E-state index in [2.05, 4.69) is 83.6 Å². The summed E-state index contributed by atoms with van der Waals surface area (Å²) >= 11 is 0. The first kappa shape index (κ1) is 30.9. The summed E-state index contributed by atoms with van der Waals surface area (Å²) < 4.78 is 0. The number of anilines is 1. The number of nitrogens with zero attached hydrogens (tertiary/aromatic N) is 6. The van der Waals surface area contributed by atoms with Crippen molar-refractivity contribution in [1.82, 2.24) is 29.6 Å². The molecule has 4 rings (SSSR count). The van der Waals surface area contributed by atoms with E-state index in [1.807, 2.05) is 30.3 Å². The molecule has 8 heteroatoms. The number of likely N-dealkylation sites (N-methyl/N-ethyl adjacent to an activating group) is 1. The summed E-state index contributed by atoms with van der Waals surface area (Å²) in [6, 6.07) is 1.22. The van der Waals surface area contributed by atoms with Crippen molar-refractivity contribution < 1.29 is 4.79 Å². The van der Waals surface area contributed by atoms with Gasteiger partial charge >= 0.3 is 0 Å². The Morgan fingerprint density at radius 3 is 2.27 bits per heavy atom. The number of pyridine rings is 1. The number of aromatic nitrogens is 1. The minimum absolute atomic E-state index is 0.121. The summed E-state index contributed by atoms with van der Waals surface area (Å²) in [4.78, 5) is 27.3. The molecule has 1 aromatic heterocycles. The normalized spacial score (nSPS) is 21.2. The highest BCUT2D eigenvalue weighted by Gasteiger charge is 2.26. The van der Waals surface area contributed by atoms with E-state index in [0.29, 0.717) is 24.2 Å². The van der Waals surface area contributed by atoms with E-state index in [9.17, 15) is 4.79 Å². The Balaban J connectivity index is 1.73. The molecule has 2 fully saturated rings. The molecule has 3 heterocycles. The van der Waals surface area contributed by atoms with Gasteiger partial charge in [-0.2, -0.15) is 0 Å². The Bertz CT molecular complexity index is 1250. The number of carbonyl (C=O) groups is 1. The second-order valence-electron chi connectivity index (χ2n) is 11.7. The molecule has 41 heavy (non-hydrogen) atoms. The second-order valence-corrected chi connectivity index (χ2v) is 11.7. The Labute approximate surface area is 246 Å². The van der Waals surface area contributed by atoms with E-state index in [0.717, 1.165) is 80.6 Å². The van der Waals surface area contributed by atoms with Gasteiger partial charge < -0.3 is 10.3 Å². The van der Waals surface area contributed by atoms with E-state index in [1.165, 1.54) is 0 Å². The van der Waals surface area contributed by atoms with Crippen LogP contribution in [0.4, 0.5) is 5.69 Å². The molecule has 1 aliphatic carbocycles. The number of aldehydes is 1. The minimum atomic E-state index is 0.121. The molecule has 222 valence electrons. The molecule has 8 nitrogen and oxygen atoms in total. The van der Waals surface area contributed by atoms with Crippen molar-refractivity contribution in [3.8, 4) is 0 Å². The van der Waals surface area contributed by atoms with Crippen molar-refractivity contribution in [2.45, 2.75) is 45.8 Å². The molecule has 0 spiro atoms. The van der Waals surface area contributed by atoms with Crippen molar-refractivity contribution in [2.24, 2.45) is 0 Å². The van der Waals surface area contributed by atoms with E-state index in [-0.39, 0.29) is 6.04 Å². The molecule has 3 aliphatic rings. The van der Waals surface area contributed by atoms with Gasteiger partial charge in [0.2, 0.25) is 0 Å². The lowest BCUT2D eigenvalue weighted by Gasteiger charge is -2.39. The number of hydrogen-bond donors (Lipinski definition) is 1. The summed E-state index contributed by atoms with van der Waals surface area (Å²) in [5, 5.41) is 3.94. The first-order valence-corrected chi connectivity index (χ1v) is 15.1. The van der Waals surface area contributed by atoms with Crippen LogP contribution in [0.1, 0.15) is 38.1 Å². The lowest BCUT2D eigenvalue weighted by atomic mass is 10.1. The molecule has 1 aromatic rings. The minimum Gasteiger partial charge on any atom is -0.367 e. The number of piperazine rings is 2. The summed E-state index contributed by atoms with van der Waals surface area (Å²) in [6.45, 7) is 21.6. The molecule has 0 saturated carbocycles. The van der Waals surface area contributed by atoms with Gasteiger partial charge in [-0.05, 0) is 33.8 Å². The topological polar surface area (TPSA) is 58.2 Å². The fourth-order valence-corrected chi connectivity index (χ4v) is 5.81. The SMILES string of the molecule is C=C/C=C\C=C/CN(C)Nc1c(C=O)cnc2c1=CC(N1CCN(C(C)C)CC1)C=CC=2N1CCN(C(C)C)CC1. The van der Waals surface area contributed by atoms with Crippen molar-refractivity contribution in [2.75, 3.05) is 71.4 Å². The zero-order valence-corrected chi connectivity index (χ0v) is 25.7. The predicted octanol–water partition coefficient (Wildman–Crippen LogP) is 2.33. The van der Waals surface area contributed by atoms with Gasteiger partial charge in [-0.3, -0.25) is 24.5 Å². The van der Waals surface area contributed by atoms with E-state index in [4.69, 9.17) is 4.98 Å². The van der Waals surface area contributed by atoms with Crippen LogP contribution in [0, 0.1) is 0 Å². The molecular formula is C33H49N7O. The number of fused-ring (bicyclic) bond motifs is 1. The average Bonchev–Trinajstić information content (AvgIpc) is 3.17. The van der Waals surface area contributed by atoms with Crippen LogP contribution in [0.2, 0.25) is 0 Å². The first-order chi connectivity index (χ1) is 19.8. The van der Waals surface area contributed by atoms with Crippen LogP contribution < -0.4 is 16.0 Å². The summed E-state index contributed by atoms with van der Waals surface area (Å²) in [5.41, 5.74) is 6.06. The Kier molecular flexibility index (Phi) is 11.1. The number of hydrazine groups is 1. The van der Waals surface area contributed by atoms with Crippen LogP contribution in [-0.4, -0.2) is 120 Å². The molecule has 1 N–H and O–H groups in total. The van der Waals surface area contributed by atoms with Crippen LogP contribution in [0.5, 0.6) is 0 Å². The standard InChI is InChI=1S/C33H49N7O/c1-7-8-9-10-11-14-36(6)35-32-28(25-41)24-34-33-30(32)23-29(39-19-15-37(16-20-39)26(2)3)12-13-31(33)40-21-17-38(18-22-40)27(4)5/h7-13,23-27,29,35H,1,14-22H2,2-6H3/b9-8-,11-10-. The maximum Gasteiger partial charge on any atom is 0.153 e. The Morgan fingerprint density at radius 2 is 1.66 bits per heavy atom. The van der Waals surface area contributed by atoms with Gasteiger partial charge in [-0.15, -0.1) is 0 Å². The zero-order chi connectivity index (χ0) is 29.4. The Morgan fingerprint density at radius 1 is 1.00 bits per heavy atom. The van der Waals surface area contributed by atoms with Gasteiger partial charge in [0.1, 0.15) is 0 Å². The molecule has 0 amide bonds. The molecule has 0 radical (unpaired) electrons. The number of rotatable bonds is 11. The van der Waals surface area contributed by atoms with Gasteiger partial charge in [-0.1, -0.05) is 49.1 Å². The highest BCUT2D eigenvalue weighted by atomic mass is 16.1. The smallest absolute Gasteiger partial charge is 0.153 e. The highest BCUT2D eigenvalue weighted by molar-refractivity contribution is 5.84. The third-order valence-corrected chi connectivity index (χ3v) is 8.37. The van der Waals surface area contributed by atoms with Gasteiger partial charge in [0.05, 0.1) is 22.3 Å². The lowest BCUT2D eigenvalue weighted by molar-refractivity contribution is 0.105. The van der Waals surface area contributed by atoms with Crippen LogP contribution in [0.3, 0.4) is 0 Å². The summed E-state index contributed by atoms with van der Waals surface area (Å²) in [7, 11) is 2.00. The van der Waals surface area contributed by atoms with Crippen molar-refractivity contribution in [3.63, 3.8) is 0 Å². The monoisotopic (exact) mass is 559 g/mol. The predicted molar refractivity (Wildman–Crippen MR) is 171 cm³/mol. The number of carbonyl (C=O) groups excluding carboxylic acids is 1. The second kappa shape index (κ2) is 14.7. The van der Waals surface area contributed by atoms with E-state index in [1.54, 1.807) is 12.3 Å². The maximum absolute atomic E-state index is 12.3. The third kappa shape index (κ3) is 7.83. The third-order valence-electron chi connectivity index (χ3n) is 8.37. The van der Waals surface area contributed by atoms with E-state index >= 15 is 0 Å². The van der Waals surface area contributed by atoms with Crippen molar-refractivity contribution >= 4 is 23.7 Å². The first-order valence-electron chi connectivity index (χ1n) is 15.1. The average molecular weight is 560 g/mol. The zero-order valence-electron chi connectivity index (χ0n) is 25.7. The molecular weight excluding hydrogens is 510 g/mol. The van der Waals surface area contributed by atoms with Crippen LogP contribution in [-0.2, 0) is 0 Å². The summed E-state index contributed by atoms with van der Waals surface area (Å²) in [6.07, 6.45) is 19.2. The summed E-state index contributed by atoms with van der Waals surface area (Å²) in [5.74, 6) is 0. The molecule has 0 bridgehead atoms. The lowest BCUT2D eigenvalue weighted by Crippen LogP contribution is -2.51. The quantitative estimate of drug-likeness (QED) is 0.252. The highest BCUT2D eigenvalue weighted by Crippen LogP contribution is 2.18. The fraction of sp³-hybridized carbons (Fsp3) is 0.515. The van der Waals surface area contributed by atoms with Crippen molar-refractivity contribution in [1.29, 1.82) is 0 Å². The molecule has 1 unspecified atom stereocenters. The molecule has 0 aromatic carbocycles. The van der Waals surface area contributed by atoms with Crippen LogP contribution >= 0.6 is 0 Å². The Hall–Kier alpha value is -3.04. The number of nitrogens with one attached hydrogen (secondary N) is 1. The van der Waals surface area contributed by atoms with Crippen LogP contribution in [0.25, 0.3) is 11.8 Å². The van der Waals surface area contributed by atoms with Crippen molar-refractivity contribution in [3.05, 3.63) is 71.4 Å². The van der Waals surface area contributed by atoms with Gasteiger partial charge in [0, 0.05) is 95.5 Å². The molecule has 2 saturated heterocycles.